The summed E-state index contributed by atoms with van der Waals surface area (Å²) in [4.78, 5) is 17.0. The monoisotopic (exact) mass is 383 g/mol. The van der Waals surface area contributed by atoms with Crippen molar-refractivity contribution < 1.29 is 4.79 Å². The Balaban J connectivity index is 1.94. The summed E-state index contributed by atoms with van der Waals surface area (Å²) in [6.45, 7) is 6.41. The van der Waals surface area contributed by atoms with Crippen LogP contribution < -0.4 is 5.32 Å². The quantitative estimate of drug-likeness (QED) is 0.526. The van der Waals surface area contributed by atoms with E-state index in [1.54, 1.807) is 7.05 Å². The molecule has 0 radical (unpaired) electrons. The van der Waals surface area contributed by atoms with Crippen LogP contribution in [0.4, 0.5) is 0 Å². The fraction of sp³-hybridized carbons (Fsp3) is 0.200. The van der Waals surface area contributed by atoms with Gasteiger partial charge in [-0.05, 0) is 49.1 Å². The molecule has 4 rings (SSSR count). The Morgan fingerprint density at radius 2 is 1.76 bits per heavy atom. The summed E-state index contributed by atoms with van der Waals surface area (Å²) in [5.41, 5.74) is 9.52. The molecule has 146 valence electrons. The lowest BCUT2D eigenvalue weighted by molar-refractivity contribution is 0.0963. The lowest BCUT2D eigenvalue weighted by Crippen LogP contribution is -2.17. The van der Waals surface area contributed by atoms with Crippen LogP contribution in [0.5, 0.6) is 0 Å². The Morgan fingerprint density at radius 3 is 2.45 bits per heavy atom. The number of aromatic nitrogens is 2. The van der Waals surface area contributed by atoms with Crippen LogP contribution in [0.2, 0.25) is 0 Å². The van der Waals surface area contributed by atoms with Gasteiger partial charge in [-0.2, -0.15) is 0 Å². The molecule has 0 spiro atoms. The number of benzene rings is 2. The molecule has 0 atom stereocenters. The van der Waals surface area contributed by atoms with Crippen molar-refractivity contribution in [2.45, 2.75) is 27.2 Å². The first-order valence-corrected chi connectivity index (χ1v) is 9.93. The first-order valence-electron chi connectivity index (χ1n) is 9.93. The maximum absolute atomic E-state index is 12.0. The van der Waals surface area contributed by atoms with Crippen LogP contribution in [0, 0.1) is 13.8 Å². The Bertz CT molecular complexity index is 1220. The molecule has 0 aliphatic heterocycles. The van der Waals surface area contributed by atoms with Gasteiger partial charge in [0.25, 0.3) is 5.91 Å². The van der Waals surface area contributed by atoms with E-state index >= 15 is 0 Å². The highest BCUT2D eigenvalue weighted by atomic mass is 16.1. The number of rotatable bonds is 4. The number of carbonyl (C=O) groups is 1. The van der Waals surface area contributed by atoms with Crippen molar-refractivity contribution in [3.05, 3.63) is 83.2 Å². The number of hydrogen-bond acceptors (Lipinski definition) is 2. The van der Waals surface area contributed by atoms with E-state index in [1.807, 2.05) is 18.3 Å². The zero-order valence-corrected chi connectivity index (χ0v) is 17.3. The third-order valence-corrected chi connectivity index (χ3v) is 5.40. The van der Waals surface area contributed by atoms with Crippen molar-refractivity contribution in [3.8, 4) is 22.4 Å². The van der Waals surface area contributed by atoms with E-state index in [-0.39, 0.29) is 5.91 Å². The second-order valence-electron chi connectivity index (χ2n) is 7.35. The van der Waals surface area contributed by atoms with Crippen molar-refractivity contribution in [1.82, 2.24) is 14.7 Å². The molecule has 0 aliphatic rings. The van der Waals surface area contributed by atoms with Crippen molar-refractivity contribution in [2.75, 3.05) is 7.05 Å². The van der Waals surface area contributed by atoms with E-state index in [4.69, 9.17) is 4.98 Å². The number of nitrogens with one attached hydrogen (secondary N) is 1. The highest BCUT2D eigenvalue weighted by Crippen LogP contribution is 2.36. The maximum Gasteiger partial charge on any atom is 0.251 e. The normalized spacial score (nSPS) is 11.0. The number of fused-ring (bicyclic) bond motifs is 1. The fourth-order valence-corrected chi connectivity index (χ4v) is 3.97. The van der Waals surface area contributed by atoms with Crippen LogP contribution in [-0.2, 0) is 6.42 Å². The molecule has 0 saturated heterocycles. The molecule has 4 nitrogen and oxygen atoms in total. The molecular formula is C25H25N3O. The molecule has 4 heteroatoms. The summed E-state index contributed by atoms with van der Waals surface area (Å²) in [5, 5.41) is 2.68. The minimum absolute atomic E-state index is 0.106. The summed E-state index contributed by atoms with van der Waals surface area (Å²) >= 11 is 0. The van der Waals surface area contributed by atoms with Gasteiger partial charge in [-0.15, -0.1) is 0 Å². The number of nitrogens with zero attached hydrogens (tertiary/aromatic N) is 2. The first-order chi connectivity index (χ1) is 14.0. The summed E-state index contributed by atoms with van der Waals surface area (Å²) in [6, 6.07) is 18.7. The summed E-state index contributed by atoms with van der Waals surface area (Å²) in [7, 11) is 1.64. The number of aryl methyl sites for hydroxylation is 3. The molecule has 0 aliphatic carbocycles. The third kappa shape index (κ3) is 3.31. The van der Waals surface area contributed by atoms with Crippen LogP contribution in [0.1, 0.15) is 34.1 Å². The van der Waals surface area contributed by atoms with E-state index in [1.165, 1.54) is 22.3 Å². The number of hydrogen-bond donors (Lipinski definition) is 1. The van der Waals surface area contributed by atoms with Crippen LogP contribution in [0.3, 0.4) is 0 Å². The number of carbonyl (C=O) groups excluding carboxylic acids is 1. The van der Waals surface area contributed by atoms with Gasteiger partial charge < -0.3 is 9.72 Å². The SMILES string of the molecule is CCc1c(-c2ccccc2-c2ccc(C)cc2C)nc2cc(C(=O)NC)ccn12. The first kappa shape index (κ1) is 18.9. The molecule has 0 fully saturated rings. The van der Waals surface area contributed by atoms with Gasteiger partial charge in [0.15, 0.2) is 0 Å². The van der Waals surface area contributed by atoms with Crippen LogP contribution in [0.15, 0.2) is 60.8 Å². The van der Waals surface area contributed by atoms with E-state index < -0.39 is 0 Å². The predicted octanol–water partition coefficient (Wildman–Crippen LogP) is 5.21. The van der Waals surface area contributed by atoms with Gasteiger partial charge in [0, 0.05) is 24.4 Å². The minimum atomic E-state index is -0.106. The molecule has 1 amide bonds. The second kappa shape index (κ2) is 7.55. The van der Waals surface area contributed by atoms with Crippen LogP contribution in [-0.4, -0.2) is 22.3 Å². The fourth-order valence-electron chi connectivity index (χ4n) is 3.97. The third-order valence-electron chi connectivity index (χ3n) is 5.40. The standard InChI is InChI=1S/C25H25N3O/c1-5-22-24(27-23-15-18(25(29)26-4)12-13-28(22)23)21-9-7-6-8-20(21)19-11-10-16(2)14-17(19)3/h6-15H,5H2,1-4H3,(H,26,29). The zero-order valence-electron chi connectivity index (χ0n) is 17.3. The van der Waals surface area contributed by atoms with Crippen molar-refractivity contribution >= 4 is 11.6 Å². The van der Waals surface area contributed by atoms with Crippen molar-refractivity contribution in [3.63, 3.8) is 0 Å². The Morgan fingerprint density at radius 1 is 1.00 bits per heavy atom. The van der Waals surface area contributed by atoms with Crippen molar-refractivity contribution in [2.24, 2.45) is 0 Å². The van der Waals surface area contributed by atoms with Crippen molar-refractivity contribution in [1.29, 1.82) is 0 Å². The summed E-state index contributed by atoms with van der Waals surface area (Å²) < 4.78 is 2.08. The van der Waals surface area contributed by atoms with Gasteiger partial charge in [0.2, 0.25) is 0 Å². The lowest BCUT2D eigenvalue weighted by atomic mass is 9.93. The predicted molar refractivity (Wildman–Crippen MR) is 118 cm³/mol. The molecule has 0 bridgehead atoms. The maximum atomic E-state index is 12.0. The van der Waals surface area contributed by atoms with Gasteiger partial charge in [-0.1, -0.05) is 55.0 Å². The van der Waals surface area contributed by atoms with E-state index in [0.29, 0.717) is 5.56 Å². The minimum Gasteiger partial charge on any atom is -0.355 e. The number of amides is 1. The highest BCUT2D eigenvalue weighted by molar-refractivity contribution is 5.95. The topological polar surface area (TPSA) is 46.4 Å². The molecule has 2 aromatic carbocycles. The smallest absolute Gasteiger partial charge is 0.251 e. The van der Waals surface area contributed by atoms with E-state index in [0.717, 1.165) is 29.0 Å². The van der Waals surface area contributed by atoms with Gasteiger partial charge >= 0.3 is 0 Å². The molecule has 0 saturated carbocycles. The average molecular weight is 383 g/mol. The lowest BCUT2D eigenvalue weighted by Gasteiger charge is -2.12. The highest BCUT2D eigenvalue weighted by Gasteiger charge is 2.18. The molecule has 4 aromatic rings. The van der Waals surface area contributed by atoms with Gasteiger partial charge in [-0.3, -0.25) is 4.79 Å². The summed E-state index contributed by atoms with van der Waals surface area (Å²) in [5.74, 6) is -0.106. The van der Waals surface area contributed by atoms with Gasteiger partial charge in [-0.25, -0.2) is 4.98 Å². The molecule has 29 heavy (non-hydrogen) atoms. The van der Waals surface area contributed by atoms with Gasteiger partial charge in [0.1, 0.15) is 5.65 Å². The average Bonchev–Trinajstić information content (AvgIpc) is 3.10. The summed E-state index contributed by atoms with van der Waals surface area (Å²) in [6.07, 6.45) is 2.78. The Labute approximate surface area is 171 Å². The molecule has 0 unspecified atom stereocenters. The largest absolute Gasteiger partial charge is 0.355 e. The van der Waals surface area contributed by atoms with Crippen LogP contribution in [0.25, 0.3) is 28.0 Å². The number of imidazole rings is 1. The van der Waals surface area contributed by atoms with E-state index in [9.17, 15) is 4.79 Å². The Hall–Kier alpha value is -3.40. The van der Waals surface area contributed by atoms with E-state index in [2.05, 4.69) is 73.0 Å². The second-order valence-corrected chi connectivity index (χ2v) is 7.35. The zero-order chi connectivity index (χ0) is 20.5. The Kier molecular flexibility index (Phi) is 4.93. The molecular weight excluding hydrogens is 358 g/mol. The number of pyridine rings is 1. The molecule has 1 N–H and O–H groups in total. The molecule has 2 heterocycles. The van der Waals surface area contributed by atoms with Crippen LogP contribution >= 0.6 is 0 Å². The molecule has 2 aromatic heterocycles. The van der Waals surface area contributed by atoms with Gasteiger partial charge in [0.05, 0.1) is 11.4 Å².